The second-order valence-electron chi connectivity index (χ2n) is 9.10. The molecule has 1 aromatic heterocycles. The minimum atomic E-state index is 0.0184. The van der Waals surface area contributed by atoms with Crippen LogP contribution in [0.15, 0.2) is 83.5 Å². The summed E-state index contributed by atoms with van der Waals surface area (Å²) < 4.78 is 17.5. The Kier molecular flexibility index (Phi) is 7.17. The summed E-state index contributed by atoms with van der Waals surface area (Å²) in [5.74, 6) is 1.49. The number of methoxy groups -OCH3 is 1. The number of fused-ring (bicyclic) bond motifs is 1. The van der Waals surface area contributed by atoms with Crippen molar-refractivity contribution in [2.24, 2.45) is 0 Å². The van der Waals surface area contributed by atoms with Crippen LogP contribution < -0.4 is 14.4 Å². The van der Waals surface area contributed by atoms with Crippen molar-refractivity contribution in [2.45, 2.75) is 13.8 Å². The zero-order chi connectivity index (χ0) is 25.8. The highest BCUT2D eigenvalue weighted by atomic mass is 16.5. The summed E-state index contributed by atoms with van der Waals surface area (Å²) >= 11 is 0. The van der Waals surface area contributed by atoms with Crippen LogP contribution in [-0.2, 0) is 4.79 Å². The SMILES string of the molecule is CCOc1cc2occ(-c3ccccc3OC)c2cc1/C(C)=C/C(=O)N1CCN(c2ccccc2)CC1. The van der Waals surface area contributed by atoms with E-state index in [-0.39, 0.29) is 5.91 Å². The summed E-state index contributed by atoms with van der Waals surface area (Å²) in [5, 5.41) is 0.944. The van der Waals surface area contributed by atoms with Crippen molar-refractivity contribution < 1.29 is 18.7 Å². The van der Waals surface area contributed by atoms with Gasteiger partial charge in [0.1, 0.15) is 17.1 Å². The summed E-state index contributed by atoms with van der Waals surface area (Å²) in [7, 11) is 1.66. The molecule has 1 saturated heterocycles. The number of para-hydroxylation sites is 2. The van der Waals surface area contributed by atoms with Crippen LogP contribution >= 0.6 is 0 Å². The number of amides is 1. The van der Waals surface area contributed by atoms with E-state index in [0.717, 1.165) is 52.1 Å². The summed E-state index contributed by atoms with van der Waals surface area (Å²) in [4.78, 5) is 17.5. The molecule has 3 aromatic carbocycles. The minimum absolute atomic E-state index is 0.0184. The Morgan fingerprint density at radius 1 is 0.946 bits per heavy atom. The lowest BCUT2D eigenvalue weighted by Crippen LogP contribution is -2.48. The van der Waals surface area contributed by atoms with Crippen molar-refractivity contribution in [2.75, 3.05) is 44.8 Å². The van der Waals surface area contributed by atoms with Gasteiger partial charge in [-0.3, -0.25) is 4.79 Å². The lowest BCUT2D eigenvalue weighted by atomic mass is 9.98. The standard InChI is InChI=1S/C31H32N2O4/c1-4-36-29-20-30-26(27(21-37-30)24-12-8-9-13-28(24)35-3)19-25(29)22(2)18-31(34)33-16-14-32(15-17-33)23-10-6-5-7-11-23/h5-13,18-21H,4,14-17H2,1-3H3/b22-18+. The highest BCUT2D eigenvalue weighted by molar-refractivity contribution is 6.01. The normalized spacial score (nSPS) is 14.2. The quantitative estimate of drug-likeness (QED) is 0.283. The van der Waals surface area contributed by atoms with E-state index in [1.54, 1.807) is 19.4 Å². The van der Waals surface area contributed by atoms with E-state index >= 15 is 0 Å². The van der Waals surface area contributed by atoms with Crippen molar-refractivity contribution >= 4 is 28.1 Å². The number of carbonyl (C=O) groups is 1. The molecular formula is C31H32N2O4. The summed E-state index contributed by atoms with van der Waals surface area (Å²) in [6, 6.07) is 22.2. The maximum atomic E-state index is 13.2. The van der Waals surface area contributed by atoms with Gasteiger partial charge in [0.25, 0.3) is 0 Å². The summed E-state index contributed by atoms with van der Waals surface area (Å²) in [5.41, 5.74) is 5.54. The van der Waals surface area contributed by atoms with Gasteiger partial charge >= 0.3 is 0 Å². The monoisotopic (exact) mass is 496 g/mol. The predicted octanol–water partition coefficient (Wildman–Crippen LogP) is 6.26. The molecule has 1 aliphatic heterocycles. The van der Waals surface area contributed by atoms with Gasteiger partial charge in [-0.15, -0.1) is 0 Å². The van der Waals surface area contributed by atoms with Gasteiger partial charge in [0.2, 0.25) is 5.91 Å². The van der Waals surface area contributed by atoms with E-state index < -0.39 is 0 Å². The number of rotatable bonds is 7. The van der Waals surface area contributed by atoms with Gasteiger partial charge in [0.05, 0.1) is 20.0 Å². The Morgan fingerprint density at radius 2 is 1.68 bits per heavy atom. The van der Waals surface area contributed by atoms with Gasteiger partial charge in [-0.05, 0) is 43.7 Å². The Hall–Kier alpha value is -4.19. The molecule has 0 atom stereocenters. The van der Waals surface area contributed by atoms with Crippen LogP contribution in [0.1, 0.15) is 19.4 Å². The highest BCUT2D eigenvalue weighted by Crippen LogP contribution is 2.40. The number of hydrogen-bond acceptors (Lipinski definition) is 5. The average Bonchev–Trinajstić information content (AvgIpc) is 3.36. The Balaban J connectivity index is 1.42. The lowest BCUT2D eigenvalue weighted by Gasteiger charge is -2.35. The van der Waals surface area contributed by atoms with Crippen LogP contribution in [0.2, 0.25) is 0 Å². The third kappa shape index (κ3) is 5.05. The molecule has 2 heterocycles. The first kappa shape index (κ1) is 24.5. The fourth-order valence-corrected chi connectivity index (χ4v) is 4.89. The number of carbonyl (C=O) groups excluding carboxylic acids is 1. The van der Waals surface area contributed by atoms with Crippen molar-refractivity contribution in [1.29, 1.82) is 0 Å². The Morgan fingerprint density at radius 3 is 2.41 bits per heavy atom. The smallest absolute Gasteiger partial charge is 0.246 e. The first-order chi connectivity index (χ1) is 18.1. The van der Waals surface area contributed by atoms with Crippen molar-refractivity contribution in [3.63, 3.8) is 0 Å². The van der Waals surface area contributed by atoms with Crippen LogP contribution in [0.4, 0.5) is 5.69 Å². The van der Waals surface area contributed by atoms with Crippen molar-refractivity contribution in [3.8, 4) is 22.6 Å². The molecule has 0 aliphatic carbocycles. The zero-order valence-electron chi connectivity index (χ0n) is 21.6. The van der Waals surface area contributed by atoms with E-state index in [1.165, 1.54) is 5.69 Å². The number of nitrogens with zero attached hydrogens (tertiary/aromatic N) is 2. The largest absolute Gasteiger partial charge is 0.496 e. The molecule has 1 aliphatic rings. The maximum Gasteiger partial charge on any atom is 0.246 e. The van der Waals surface area contributed by atoms with Crippen LogP contribution in [0.25, 0.3) is 27.7 Å². The highest BCUT2D eigenvalue weighted by Gasteiger charge is 2.21. The number of furan rings is 1. The average molecular weight is 497 g/mol. The van der Waals surface area contributed by atoms with Crippen LogP contribution in [-0.4, -0.2) is 50.7 Å². The van der Waals surface area contributed by atoms with Gasteiger partial charge < -0.3 is 23.7 Å². The number of allylic oxidation sites excluding steroid dienone is 1. The predicted molar refractivity (Wildman–Crippen MR) is 148 cm³/mol. The molecule has 0 spiro atoms. The van der Waals surface area contributed by atoms with Gasteiger partial charge in [-0.25, -0.2) is 0 Å². The second-order valence-corrected chi connectivity index (χ2v) is 9.10. The molecular weight excluding hydrogens is 464 g/mol. The van der Waals surface area contributed by atoms with Crippen LogP contribution in [0.3, 0.4) is 0 Å². The lowest BCUT2D eigenvalue weighted by molar-refractivity contribution is -0.126. The number of benzene rings is 3. The molecule has 37 heavy (non-hydrogen) atoms. The van der Waals surface area contributed by atoms with Gasteiger partial charge in [-0.1, -0.05) is 36.4 Å². The fraction of sp³-hybridized carbons (Fsp3) is 0.258. The first-order valence-electron chi connectivity index (χ1n) is 12.7. The molecule has 1 amide bonds. The van der Waals surface area contributed by atoms with Crippen molar-refractivity contribution in [1.82, 2.24) is 4.90 Å². The molecule has 0 unspecified atom stereocenters. The van der Waals surface area contributed by atoms with E-state index in [4.69, 9.17) is 13.9 Å². The van der Waals surface area contributed by atoms with Crippen LogP contribution in [0, 0.1) is 0 Å². The zero-order valence-corrected chi connectivity index (χ0v) is 21.6. The van der Waals surface area contributed by atoms with Crippen molar-refractivity contribution in [3.05, 3.63) is 84.6 Å². The first-order valence-corrected chi connectivity index (χ1v) is 12.7. The van der Waals surface area contributed by atoms with Gasteiger partial charge in [0.15, 0.2) is 0 Å². The topological polar surface area (TPSA) is 55.2 Å². The van der Waals surface area contributed by atoms with Gasteiger partial charge in [-0.2, -0.15) is 0 Å². The molecule has 1 fully saturated rings. The van der Waals surface area contributed by atoms with Crippen LogP contribution in [0.5, 0.6) is 11.5 Å². The number of ether oxygens (including phenoxy) is 2. The van der Waals surface area contributed by atoms with E-state index in [9.17, 15) is 4.79 Å². The Labute approximate surface area is 217 Å². The summed E-state index contributed by atoms with van der Waals surface area (Å²) in [6.45, 7) is 7.44. The molecule has 4 aromatic rings. The maximum absolute atomic E-state index is 13.2. The van der Waals surface area contributed by atoms with E-state index in [2.05, 4.69) is 23.1 Å². The molecule has 0 radical (unpaired) electrons. The minimum Gasteiger partial charge on any atom is -0.496 e. The van der Waals surface area contributed by atoms with E-state index in [0.29, 0.717) is 25.4 Å². The second kappa shape index (κ2) is 10.8. The third-order valence-corrected chi connectivity index (χ3v) is 6.85. The Bertz CT molecular complexity index is 1420. The molecule has 5 rings (SSSR count). The molecule has 0 bridgehead atoms. The fourth-order valence-electron chi connectivity index (χ4n) is 4.89. The third-order valence-electron chi connectivity index (χ3n) is 6.85. The summed E-state index contributed by atoms with van der Waals surface area (Å²) in [6.07, 6.45) is 3.48. The molecule has 0 N–H and O–H groups in total. The molecule has 190 valence electrons. The number of piperazine rings is 1. The molecule has 6 heteroatoms. The molecule has 0 saturated carbocycles. The van der Waals surface area contributed by atoms with E-state index in [1.807, 2.05) is 67.3 Å². The molecule has 6 nitrogen and oxygen atoms in total. The number of hydrogen-bond donors (Lipinski definition) is 0. The van der Waals surface area contributed by atoms with Gasteiger partial charge in [0, 0.05) is 66.1 Å². The number of anilines is 1.